The first kappa shape index (κ1) is 15.0. The summed E-state index contributed by atoms with van der Waals surface area (Å²) >= 11 is 6.03. The molecule has 1 aromatic carbocycles. The van der Waals surface area contributed by atoms with E-state index in [1.54, 1.807) is 47.5 Å². The van der Waals surface area contributed by atoms with Gasteiger partial charge >= 0.3 is 0 Å². The quantitative estimate of drug-likeness (QED) is 0.746. The van der Waals surface area contributed by atoms with Gasteiger partial charge in [0.1, 0.15) is 0 Å². The Morgan fingerprint density at radius 3 is 2.74 bits per heavy atom. The van der Waals surface area contributed by atoms with Gasteiger partial charge < -0.3 is 5.32 Å². The number of nitrogens with one attached hydrogen (secondary N) is 1. The summed E-state index contributed by atoms with van der Waals surface area (Å²) in [6.07, 6.45) is 8.16. The Balaban J connectivity index is 1.65. The first-order chi connectivity index (χ1) is 11.2. The fraction of sp³-hybridized carbons (Fsp3) is 0. The van der Waals surface area contributed by atoms with Crippen LogP contribution in [-0.2, 0) is 4.79 Å². The number of hydrogen-bond acceptors (Lipinski definition) is 3. The van der Waals surface area contributed by atoms with Crippen molar-refractivity contribution in [3.8, 4) is 5.82 Å². The van der Waals surface area contributed by atoms with Gasteiger partial charge in [-0.3, -0.25) is 4.79 Å². The van der Waals surface area contributed by atoms with Gasteiger partial charge in [0.15, 0.2) is 5.82 Å². The number of pyridine rings is 1. The molecule has 23 heavy (non-hydrogen) atoms. The largest absolute Gasteiger partial charge is 0.321 e. The summed E-state index contributed by atoms with van der Waals surface area (Å²) in [5.41, 5.74) is 1.39. The summed E-state index contributed by atoms with van der Waals surface area (Å²) in [6, 6.07) is 12.7. The lowest BCUT2D eigenvalue weighted by atomic mass is 10.2. The van der Waals surface area contributed by atoms with Gasteiger partial charge in [-0.25, -0.2) is 9.67 Å². The highest BCUT2D eigenvalue weighted by Crippen LogP contribution is 2.16. The summed E-state index contributed by atoms with van der Waals surface area (Å²) in [5.74, 6) is 0.429. The maximum Gasteiger partial charge on any atom is 0.248 e. The molecule has 5 nitrogen and oxygen atoms in total. The van der Waals surface area contributed by atoms with Gasteiger partial charge in [-0.2, -0.15) is 5.10 Å². The van der Waals surface area contributed by atoms with Gasteiger partial charge in [0.05, 0.1) is 11.9 Å². The van der Waals surface area contributed by atoms with Crippen LogP contribution in [0.25, 0.3) is 11.9 Å². The van der Waals surface area contributed by atoms with E-state index in [0.29, 0.717) is 16.5 Å². The average molecular weight is 325 g/mol. The Labute approximate surface area is 138 Å². The molecule has 0 bridgehead atoms. The fourth-order valence-electron chi connectivity index (χ4n) is 1.96. The molecule has 6 heteroatoms. The van der Waals surface area contributed by atoms with Crippen molar-refractivity contribution in [3.63, 3.8) is 0 Å². The lowest BCUT2D eigenvalue weighted by Crippen LogP contribution is -2.08. The number of hydrogen-bond donors (Lipinski definition) is 1. The topological polar surface area (TPSA) is 59.8 Å². The van der Waals surface area contributed by atoms with Crippen molar-refractivity contribution in [2.75, 3.05) is 5.32 Å². The zero-order chi connectivity index (χ0) is 16.1. The fourth-order valence-corrected chi connectivity index (χ4v) is 2.16. The summed E-state index contributed by atoms with van der Waals surface area (Å²) in [4.78, 5) is 16.2. The SMILES string of the molecule is O=C(/C=C/c1ccccc1Cl)Nc1ccc(-n2cccn2)nc1. The van der Waals surface area contributed by atoms with Crippen LogP contribution >= 0.6 is 11.6 Å². The predicted molar refractivity (Wildman–Crippen MR) is 90.5 cm³/mol. The number of carbonyl (C=O) groups excluding carboxylic acids is 1. The Hall–Kier alpha value is -2.92. The lowest BCUT2D eigenvalue weighted by molar-refractivity contribution is -0.111. The van der Waals surface area contributed by atoms with Crippen molar-refractivity contribution in [1.29, 1.82) is 0 Å². The maximum atomic E-state index is 11.9. The molecule has 0 saturated heterocycles. The molecule has 2 heterocycles. The molecule has 0 atom stereocenters. The smallest absolute Gasteiger partial charge is 0.248 e. The summed E-state index contributed by atoms with van der Waals surface area (Å²) < 4.78 is 1.64. The number of rotatable bonds is 4. The minimum Gasteiger partial charge on any atom is -0.321 e. The summed E-state index contributed by atoms with van der Waals surface area (Å²) in [6.45, 7) is 0. The number of halogens is 1. The molecule has 0 fully saturated rings. The number of benzene rings is 1. The Morgan fingerprint density at radius 1 is 1.17 bits per heavy atom. The van der Waals surface area contributed by atoms with Crippen molar-refractivity contribution in [1.82, 2.24) is 14.8 Å². The van der Waals surface area contributed by atoms with Crippen LogP contribution in [-0.4, -0.2) is 20.7 Å². The van der Waals surface area contributed by atoms with E-state index in [1.807, 2.05) is 24.3 Å². The van der Waals surface area contributed by atoms with Crippen LogP contribution in [0.5, 0.6) is 0 Å². The number of amides is 1. The molecular formula is C17H13ClN4O. The normalized spacial score (nSPS) is 10.8. The molecule has 0 saturated carbocycles. The molecular weight excluding hydrogens is 312 g/mol. The van der Waals surface area contributed by atoms with E-state index in [2.05, 4.69) is 15.4 Å². The third-order valence-corrected chi connectivity index (χ3v) is 3.42. The second kappa shape index (κ2) is 6.89. The number of carbonyl (C=O) groups is 1. The zero-order valence-corrected chi connectivity index (χ0v) is 12.8. The van der Waals surface area contributed by atoms with Crippen LogP contribution in [0.3, 0.4) is 0 Å². The first-order valence-corrected chi connectivity index (χ1v) is 7.30. The third-order valence-electron chi connectivity index (χ3n) is 3.07. The Bertz CT molecular complexity index is 826. The monoisotopic (exact) mass is 324 g/mol. The van der Waals surface area contributed by atoms with Gasteiger partial charge in [0.2, 0.25) is 5.91 Å². The molecule has 114 valence electrons. The van der Waals surface area contributed by atoms with Crippen LogP contribution < -0.4 is 5.32 Å². The van der Waals surface area contributed by atoms with Crippen molar-refractivity contribution in [3.05, 3.63) is 77.7 Å². The van der Waals surface area contributed by atoms with Crippen molar-refractivity contribution in [2.24, 2.45) is 0 Å². The molecule has 1 N–H and O–H groups in total. The third kappa shape index (κ3) is 3.84. The van der Waals surface area contributed by atoms with Crippen molar-refractivity contribution < 1.29 is 4.79 Å². The molecule has 0 radical (unpaired) electrons. The molecule has 2 aromatic heterocycles. The van der Waals surface area contributed by atoms with Gasteiger partial charge in [-0.05, 0) is 35.9 Å². The predicted octanol–water partition coefficient (Wildman–Crippen LogP) is 3.57. The lowest BCUT2D eigenvalue weighted by Gasteiger charge is -2.04. The average Bonchev–Trinajstić information content (AvgIpc) is 3.09. The van der Waals surface area contributed by atoms with Crippen LogP contribution in [0.4, 0.5) is 5.69 Å². The second-order valence-corrected chi connectivity index (χ2v) is 5.11. The van der Waals surface area contributed by atoms with E-state index >= 15 is 0 Å². The maximum absolute atomic E-state index is 11.9. The van der Waals surface area contributed by atoms with Gasteiger partial charge in [0.25, 0.3) is 0 Å². The molecule has 0 aliphatic heterocycles. The van der Waals surface area contributed by atoms with Crippen molar-refractivity contribution in [2.45, 2.75) is 0 Å². The van der Waals surface area contributed by atoms with E-state index in [-0.39, 0.29) is 5.91 Å². The van der Waals surface area contributed by atoms with Crippen LogP contribution in [0.1, 0.15) is 5.56 Å². The molecule has 0 aliphatic carbocycles. The summed E-state index contributed by atoms with van der Waals surface area (Å²) in [5, 5.41) is 7.43. The Kier molecular flexibility index (Phi) is 4.49. The van der Waals surface area contributed by atoms with Gasteiger partial charge in [0, 0.05) is 23.5 Å². The molecule has 3 rings (SSSR count). The molecule has 0 unspecified atom stereocenters. The standard InChI is InChI=1S/C17H13ClN4O/c18-15-5-2-1-4-13(15)6-9-17(23)21-14-7-8-16(19-12-14)22-11-3-10-20-22/h1-12H,(H,21,23)/b9-6+. The van der Waals surface area contributed by atoms with E-state index in [9.17, 15) is 4.79 Å². The molecule has 0 aliphatic rings. The van der Waals surface area contributed by atoms with E-state index in [1.165, 1.54) is 6.08 Å². The zero-order valence-electron chi connectivity index (χ0n) is 12.1. The Morgan fingerprint density at radius 2 is 2.04 bits per heavy atom. The highest BCUT2D eigenvalue weighted by atomic mass is 35.5. The van der Waals surface area contributed by atoms with Gasteiger partial charge in [-0.1, -0.05) is 29.8 Å². The minimum absolute atomic E-state index is 0.251. The summed E-state index contributed by atoms with van der Waals surface area (Å²) in [7, 11) is 0. The van der Waals surface area contributed by atoms with Gasteiger partial charge in [-0.15, -0.1) is 0 Å². The number of nitrogens with zero attached hydrogens (tertiary/aromatic N) is 3. The highest BCUT2D eigenvalue weighted by Gasteiger charge is 2.01. The first-order valence-electron chi connectivity index (χ1n) is 6.92. The van der Waals surface area contributed by atoms with Crippen LogP contribution in [0.15, 0.2) is 67.1 Å². The molecule has 1 amide bonds. The van der Waals surface area contributed by atoms with Crippen molar-refractivity contribution >= 4 is 29.3 Å². The van der Waals surface area contributed by atoms with E-state index in [0.717, 1.165) is 5.56 Å². The number of anilines is 1. The number of aromatic nitrogens is 3. The van der Waals surface area contributed by atoms with E-state index < -0.39 is 0 Å². The van der Waals surface area contributed by atoms with Crippen LogP contribution in [0.2, 0.25) is 5.02 Å². The highest BCUT2D eigenvalue weighted by molar-refractivity contribution is 6.32. The van der Waals surface area contributed by atoms with Crippen LogP contribution in [0, 0.1) is 0 Å². The molecule has 3 aromatic rings. The minimum atomic E-state index is -0.251. The second-order valence-electron chi connectivity index (χ2n) is 4.70. The molecule has 0 spiro atoms. The van der Waals surface area contributed by atoms with E-state index in [4.69, 9.17) is 11.6 Å².